The first-order valence-corrected chi connectivity index (χ1v) is 8.73. The SMILES string of the molecule is c1cc(CN2CC3(CCCCC3)NCC2C2CC2)ccn1. The van der Waals surface area contributed by atoms with Crippen LogP contribution in [-0.2, 0) is 6.54 Å². The smallest absolute Gasteiger partial charge is 0.0309 e. The van der Waals surface area contributed by atoms with Crippen molar-refractivity contribution >= 4 is 0 Å². The van der Waals surface area contributed by atoms with Gasteiger partial charge >= 0.3 is 0 Å². The highest BCUT2D eigenvalue weighted by molar-refractivity contribution is 5.12. The highest BCUT2D eigenvalue weighted by Crippen LogP contribution is 2.40. The molecule has 1 aromatic heterocycles. The Balaban J connectivity index is 1.51. The molecule has 114 valence electrons. The highest BCUT2D eigenvalue weighted by Gasteiger charge is 2.44. The summed E-state index contributed by atoms with van der Waals surface area (Å²) in [6.45, 7) is 3.55. The molecule has 2 aliphatic carbocycles. The van der Waals surface area contributed by atoms with Crippen LogP contribution in [0.4, 0.5) is 0 Å². The minimum atomic E-state index is 0.413. The highest BCUT2D eigenvalue weighted by atomic mass is 15.3. The van der Waals surface area contributed by atoms with Crippen molar-refractivity contribution in [3.8, 4) is 0 Å². The molecule has 0 bridgehead atoms. The number of pyridine rings is 1. The normalized spacial score (nSPS) is 29.6. The first-order chi connectivity index (χ1) is 10.3. The lowest BCUT2D eigenvalue weighted by Gasteiger charge is -2.50. The summed E-state index contributed by atoms with van der Waals surface area (Å²) in [7, 11) is 0. The molecule has 4 rings (SSSR count). The third-order valence-electron chi connectivity index (χ3n) is 5.77. The first-order valence-electron chi connectivity index (χ1n) is 8.73. The summed E-state index contributed by atoms with van der Waals surface area (Å²) in [6, 6.07) is 5.12. The van der Waals surface area contributed by atoms with E-state index >= 15 is 0 Å². The number of hydrogen-bond acceptors (Lipinski definition) is 3. The maximum absolute atomic E-state index is 4.16. The van der Waals surface area contributed by atoms with Crippen LogP contribution in [0.25, 0.3) is 0 Å². The molecule has 3 fully saturated rings. The monoisotopic (exact) mass is 285 g/mol. The molecule has 21 heavy (non-hydrogen) atoms. The summed E-state index contributed by atoms with van der Waals surface area (Å²) in [5.74, 6) is 0.945. The predicted octanol–water partition coefficient (Wildman–Crippen LogP) is 2.97. The van der Waals surface area contributed by atoms with Crippen molar-refractivity contribution in [2.45, 2.75) is 63.1 Å². The molecule has 2 saturated carbocycles. The van der Waals surface area contributed by atoms with E-state index in [4.69, 9.17) is 0 Å². The largest absolute Gasteiger partial charge is 0.308 e. The van der Waals surface area contributed by atoms with E-state index in [1.54, 1.807) is 0 Å². The van der Waals surface area contributed by atoms with E-state index in [1.165, 1.54) is 63.6 Å². The first kappa shape index (κ1) is 13.7. The number of rotatable bonds is 3. The van der Waals surface area contributed by atoms with Gasteiger partial charge < -0.3 is 5.32 Å². The molecular formula is C18H27N3. The van der Waals surface area contributed by atoms with Gasteiger partial charge in [0.15, 0.2) is 0 Å². The van der Waals surface area contributed by atoms with Crippen molar-refractivity contribution in [3.05, 3.63) is 30.1 Å². The van der Waals surface area contributed by atoms with Crippen molar-refractivity contribution in [3.63, 3.8) is 0 Å². The van der Waals surface area contributed by atoms with Gasteiger partial charge in [0.2, 0.25) is 0 Å². The zero-order valence-electron chi connectivity index (χ0n) is 12.9. The average Bonchev–Trinajstić information content (AvgIpc) is 3.34. The average molecular weight is 285 g/mol. The molecule has 0 amide bonds. The number of aromatic nitrogens is 1. The molecule has 3 heteroatoms. The van der Waals surface area contributed by atoms with Gasteiger partial charge in [-0.1, -0.05) is 19.3 Å². The van der Waals surface area contributed by atoms with Crippen LogP contribution in [0.1, 0.15) is 50.5 Å². The van der Waals surface area contributed by atoms with Gasteiger partial charge in [0.1, 0.15) is 0 Å². The Hall–Kier alpha value is -0.930. The second-order valence-corrected chi connectivity index (χ2v) is 7.39. The third kappa shape index (κ3) is 3.00. The van der Waals surface area contributed by atoms with Gasteiger partial charge in [-0.25, -0.2) is 0 Å². The van der Waals surface area contributed by atoms with Crippen LogP contribution in [0.5, 0.6) is 0 Å². The van der Waals surface area contributed by atoms with Gasteiger partial charge in [-0.3, -0.25) is 9.88 Å². The fraction of sp³-hybridized carbons (Fsp3) is 0.722. The molecule has 1 aliphatic heterocycles. The van der Waals surface area contributed by atoms with Gasteiger partial charge in [-0.2, -0.15) is 0 Å². The summed E-state index contributed by atoms with van der Waals surface area (Å²) >= 11 is 0. The number of piperazine rings is 1. The maximum atomic E-state index is 4.16. The lowest BCUT2D eigenvalue weighted by Crippen LogP contribution is -2.65. The van der Waals surface area contributed by atoms with Gasteiger partial charge in [-0.15, -0.1) is 0 Å². The van der Waals surface area contributed by atoms with E-state index in [0.29, 0.717) is 5.54 Å². The Morgan fingerprint density at radius 1 is 1.14 bits per heavy atom. The lowest BCUT2D eigenvalue weighted by atomic mass is 9.79. The van der Waals surface area contributed by atoms with Crippen molar-refractivity contribution in [2.24, 2.45) is 5.92 Å². The molecule has 3 nitrogen and oxygen atoms in total. The summed E-state index contributed by atoms with van der Waals surface area (Å²) < 4.78 is 0. The molecule has 2 heterocycles. The molecule has 1 N–H and O–H groups in total. The predicted molar refractivity (Wildman–Crippen MR) is 85.0 cm³/mol. The summed E-state index contributed by atoms with van der Waals surface area (Å²) in [5, 5.41) is 3.97. The molecule has 1 atom stereocenters. The van der Waals surface area contributed by atoms with Crippen molar-refractivity contribution in [1.82, 2.24) is 15.2 Å². The Morgan fingerprint density at radius 3 is 2.62 bits per heavy atom. The van der Waals surface area contributed by atoms with Crippen LogP contribution >= 0.6 is 0 Å². The second kappa shape index (κ2) is 5.69. The molecule has 1 aromatic rings. The minimum absolute atomic E-state index is 0.413. The van der Waals surface area contributed by atoms with Gasteiger partial charge in [-0.05, 0) is 49.3 Å². The van der Waals surface area contributed by atoms with E-state index in [9.17, 15) is 0 Å². The maximum Gasteiger partial charge on any atom is 0.0309 e. The van der Waals surface area contributed by atoms with E-state index in [-0.39, 0.29) is 0 Å². The number of hydrogen-bond donors (Lipinski definition) is 1. The fourth-order valence-corrected chi connectivity index (χ4v) is 4.42. The molecule has 1 spiro atoms. The van der Waals surface area contributed by atoms with Crippen molar-refractivity contribution < 1.29 is 0 Å². The molecule has 1 unspecified atom stereocenters. The van der Waals surface area contributed by atoms with Gasteiger partial charge in [0.25, 0.3) is 0 Å². The number of nitrogens with one attached hydrogen (secondary N) is 1. The zero-order chi connectivity index (χ0) is 14.1. The Bertz CT molecular complexity index is 463. The molecule has 1 saturated heterocycles. The fourth-order valence-electron chi connectivity index (χ4n) is 4.42. The molecule has 0 radical (unpaired) electrons. The quantitative estimate of drug-likeness (QED) is 0.925. The molecule has 0 aromatic carbocycles. The van der Waals surface area contributed by atoms with E-state index in [0.717, 1.165) is 18.5 Å². The minimum Gasteiger partial charge on any atom is -0.308 e. The van der Waals surface area contributed by atoms with E-state index in [2.05, 4.69) is 27.3 Å². The lowest BCUT2D eigenvalue weighted by molar-refractivity contribution is 0.0408. The standard InChI is InChI=1S/C18H27N3/c1-2-8-18(9-3-1)14-21(13-15-6-10-19-11-7-15)17(12-20-18)16-4-5-16/h6-7,10-11,16-17,20H,1-5,8-9,12-14H2. The zero-order valence-corrected chi connectivity index (χ0v) is 12.9. The number of nitrogens with zero attached hydrogens (tertiary/aromatic N) is 2. The summed E-state index contributed by atoms with van der Waals surface area (Å²) in [6.07, 6.45) is 13.7. The summed E-state index contributed by atoms with van der Waals surface area (Å²) in [5.41, 5.74) is 1.83. The molecule has 3 aliphatic rings. The third-order valence-corrected chi connectivity index (χ3v) is 5.77. The second-order valence-electron chi connectivity index (χ2n) is 7.39. The topological polar surface area (TPSA) is 28.2 Å². The Kier molecular flexibility index (Phi) is 3.72. The van der Waals surface area contributed by atoms with Crippen LogP contribution in [0.3, 0.4) is 0 Å². The van der Waals surface area contributed by atoms with Crippen molar-refractivity contribution in [1.29, 1.82) is 0 Å². The van der Waals surface area contributed by atoms with Crippen LogP contribution < -0.4 is 5.32 Å². The van der Waals surface area contributed by atoms with Gasteiger partial charge in [0.05, 0.1) is 0 Å². The Morgan fingerprint density at radius 2 is 1.90 bits per heavy atom. The molecular weight excluding hydrogens is 258 g/mol. The Labute approximate surface area is 128 Å². The summed E-state index contributed by atoms with van der Waals surface area (Å²) in [4.78, 5) is 6.94. The van der Waals surface area contributed by atoms with Crippen molar-refractivity contribution in [2.75, 3.05) is 13.1 Å². The van der Waals surface area contributed by atoms with E-state index in [1.807, 2.05) is 12.4 Å². The van der Waals surface area contributed by atoms with E-state index < -0.39 is 0 Å². The van der Waals surface area contributed by atoms with Crippen LogP contribution in [0, 0.1) is 5.92 Å². The van der Waals surface area contributed by atoms with Crippen LogP contribution in [-0.4, -0.2) is 34.6 Å². The van der Waals surface area contributed by atoms with Crippen LogP contribution in [0.15, 0.2) is 24.5 Å². The van der Waals surface area contributed by atoms with Crippen LogP contribution in [0.2, 0.25) is 0 Å². The van der Waals surface area contributed by atoms with Gasteiger partial charge in [0, 0.05) is 43.6 Å².